The van der Waals surface area contributed by atoms with Gasteiger partial charge in [-0.3, -0.25) is 9.69 Å². The molecule has 0 atom stereocenters. The number of aromatic nitrogens is 1. The molecular formula is C24H27N3O3S. The quantitative estimate of drug-likeness (QED) is 0.591. The van der Waals surface area contributed by atoms with Crippen LogP contribution in [0.5, 0.6) is 11.5 Å². The highest BCUT2D eigenvalue weighted by Gasteiger charge is 2.38. The van der Waals surface area contributed by atoms with Crippen molar-refractivity contribution in [1.29, 1.82) is 0 Å². The summed E-state index contributed by atoms with van der Waals surface area (Å²) in [4.78, 5) is 25.3. The molecule has 0 spiro atoms. The zero-order valence-electron chi connectivity index (χ0n) is 18.1. The van der Waals surface area contributed by atoms with Gasteiger partial charge in [-0.15, -0.1) is 0 Å². The molecule has 1 aromatic heterocycles. The minimum atomic E-state index is 0.00109. The molecule has 6 nitrogen and oxygen atoms in total. The van der Waals surface area contributed by atoms with E-state index in [-0.39, 0.29) is 11.9 Å². The number of benzene rings is 1. The van der Waals surface area contributed by atoms with Crippen LogP contribution in [0.15, 0.2) is 46.3 Å². The van der Waals surface area contributed by atoms with Crippen LogP contribution in [0.3, 0.4) is 0 Å². The van der Waals surface area contributed by atoms with Crippen LogP contribution < -0.4 is 9.47 Å². The molecule has 162 valence electrons. The van der Waals surface area contributed by atoms with Crippen LogP contribution in [0.1, 0.15) is 43.4 Å². The molecule has 4 rings (SSSR count). The monoisotopic (exact) mass is 437 g/mol. The molecule has 2 aromatic rings. The van der Waals surface area contributed by atoms with Gasteiger partial charge in [0.2, 0.25) is 0 Å². The van der Waals surface area contributed by atoms with Gasteiger partial charge in [-0.25, -0.2) is 9.98 Å². The SMILES string of the molecule is COc1ccc(/C=C2\S/C(=N/c3cccc(C)n3)N(C3CCCCC3)C2=O)c(OC)c1. The summed E-state index contributed by atoms with van der Waals surface area (Å²) in [6.07, 6.45) is 7.40. The van der Waals surface area contributed by atoms with Crippen LogP contribution in [-0.2, 0) is 4.79 Å². The van der Waals surface area contributed by atoms with Crippen molar-refractivity contribution < 1.29 is 14.3 Å². The van der Waals surface area contributed by atoms with Crippen molar-refractivity contribution in [3.05, 3.63) is 52.6 Å². The fourth-order valence-electron chi connectivity index (χ4n) is 3.99. The van der Waals surface area contributed by atoms with Gasteiger partial charge in [0.05, 0.1) is 19.1 Å². The minimum absolute atomic E-state index is 0.00109. The number of nitrogens with zero attached hydrogens (tertiary/aromatic N) is 3. The average Bonchev–Trinajstić information content (AvgIpc) is 3.09. The number of thioether (sulfide) groups is 1. The highest BCUT2D eigenvalue weighted by atomic mass is 32.2. The van der Waals surface area contributed by atoms with E-state index in [0.717, 1.165) is 36.9 Å². The van der Waals surface area contributed by atoms with Crippen molar-refractivity contribution in [3.63, 3.8) is 0 Å². The number of amidine groups is 1. The maximum absolute atomic E-state index is 13.5. The van der Waals surface area contributed by atoms with E-state index in [1.54, 1.807) is 14.2 Å². The molecule has 1 saturated heterocycles. The maximum Gasteiger partial charge on any atom is 0.267 e. The van der Waals surface area contributed by atoms with E-state index < -0.39 is 0 Å². The summed E-state index contributed by atoms with van der Waals surface area (Å²) in [5.74, 6) is 2.00. The highest BCUT2D eigenvalue weighted by molar-refractivity contribution is 8.18. The van der Waals surface area contributed by atoms with E-state index in [9.17, 15) is 4.79 Å². The normalized spacial score (nSPS) is 20.0. The summed E-state index contributed by atoms with van der Waals surface area (Å²) < 4.78 is 10.8. The molecule has 2 aliphatic rings. The van der Waals surface area contributed by atoms with E-state index in [0.29, 0.717) is 27.4 Å². The predicted octanol–water partition coefficient (Wildman–Crippen LogP) is 5.34. The summed E-state index contributed by atoms with van der Waals surface area (Å²) in [5, 5.41) is 0.703. The van der Waals surface area contributed by atoms with Crippen molar-refractivity contribution in [2.45, 2.75) is 45.1 Å². The lowest BCUT2D eigenvalue weighted by Gasteiger charge is -2.30. The van der Waals surface area contributed by atoms with E-state index in [4.69, 9.17) is 14.5 Å². The second-order valence-electron chi connectivity index (χ2n) is 7.72. The number of carbonyl (C=O) groups excluding carboxylic acids is 1. The van der Waals surface area contributed by atoms with Gasteiger partial charge >= 0.3 is 0 Å². The summed E-state index contributed by atoms with van der Waals surface area (Å²) in [6.45, 7) is 1.94. The Bertz CT molecular complexity index is 1030. The first-order chi connectivity index (χ1) is 15.1. The number of methoxy groups -OCH3 is 2. The molecule has 1 saturated carbocycles. The van der Waals surface area contributed by atoms with Crippen molar-refractivity contribution in [2.24, 2.45) is 4.99 Å². The van der Waals surface area contributed by atoms with Gasteiger partial charge in [-0.05, 0) is 61.9 Å². The van der Waals surface area contributed by atoms with E-state index in [1.807, 2.05) is 54.3 Å². The number of hydrogen-bond donors (Lipinski definition) is 0. The molecule has 0 N–H and O–H groups in total. The smallest absolute Gasteiger partial charge is 0.267 e. The van der Waals surface area contributed by atoms with Gasteiger partial charge in [0.15, 0.2) is 11.0 Å². The number of ether oxygens (including phenoxy) is 2. The summed E-state index contributed by atoms with van der Waals surface area (Å²) in [7, 11) is 3.23. The van der Waals surface area contributed by atoms with Gasteiger partial charge in [0.1, 0.15) is 11.5 Å². The molecule has 0 unspecified atom stereocenters. The van der Waals surface area contributed by atoms with Crippen molar-refractivity contribution in [3.8, 4) is 11.5 Å². The Morgan fingerprint density at radius 1 is 1.13 bits per heavy atom. The number of amides is 1. The number of aryl methyl sites for hydroxylation is 1. The summed E-state index contributed by atoms with van der Waals surface area (Å²) >= 11 is 1.41. The standard InChI is InChI=1S/C24H27N3O3S/c1-16-8-7-11-22(25-16)26-24-27(18-9-5-4-6-10-18)23(28)21(31-24)14-17-12-13-19(29-2)15-20(17)30-3/h7-8,11-15,18H,4-6,9-10H2,1-3H3/b21-14-,26-24+. The predicted molar refractivity (Wildman–Crippen MR) is 125 cm³/mol. The molecule has 31 heavy (non-hydrogen) atoms. The Morgan fingerprint density at radius 2 is 1.94 bits per heavy atom. The first-order valence-electron chi connectivity index (χ1n) is 10.6. The Hall–Kier alpha value is -2.80. The lowest BCUT2D eigenvalue weighted by Crippen LogP contribution is -2.40. The van der Waals surface area contributed by atoms with E-state index >= 15 is 0 Å². The van der Waals surface area contributed by atoms with Crippen molar-refractivity contribution in [2.75, 3.05) is 14.2 Å². The molecule has 1 aliphatic heterocycles. The van der Waals surface area contributed by atoms with Crippen LogP contribution >= 0.6 is 11.8 Å². The molecule has 0 bridgehead atoms. The highest BCUT2D eigenvalue weighted by Crippen LogP contribution is 2.39. The van der Waals surface area contributed by atoms with Gasteiger partial charge in [-0.2, -0.15) is 0 Å². The van der Waals surface area contributed by atoms with E-state index in [2.05, 4.69) is 4.98 Å². The zero-order valence-corrected chi connectivity index (χ0v) is 18.9. The molecule has 1 aliphatic carbocycles. The molecule has 0 radical (unpaired) electrons. The van der Waals surface area contributed by atoms with Gasteiger partial charge in [-0.1, -0.05) is 25.3 Å². The first kappa shape index (κ1) is 21.4. The summed E-state index contributed by atoms with van der Waals surface area (Å²) in [6, 6.07) is 11.5. The van der Waals surface area contributed by atoms with Gasteiger partial charge in [0, 0.05) is 23.4 Å². The zero-order chi connectivity index (χ0) is 21.8. The third-order valence-electron chi connectivity index (χ3n) is 5.59. The minimum Gasteiger partial charge on any atom is -0.497 e. The van der Waals surface area contributed by atoms with Crippen LogP contribution in [-0.4, -0.2) is 41.2 Å². The lowest BCUT2D eigenvalue weighted by atomic mass is 9.94. The molecule has 1 aromatic carbocycles. The molecule has 7 heteroatoms. The van der Waals surface area contributed by atoms with Crippen LogP contribution in [0.2, 0.25) is 0 Å². The third kappa shape index (κ3) is 4.77. The topological polar surface area (TPSA) is 64.0 Å². The number of carbonyl (C=O) groups is 1. The van der Waals surface area contributed by atoms with Crippen LogP contribution in [0.4, 0.5) is 5.82 Å². The molecule has 2 heterocycles. The summed E-state index contributed by atoms with van der Waals surface area (Å²) in [5.41, 5.74) is 1.73. The molecule has 1 amide bonds. The van der Waals surface area contributed by atoms with E-state index in [1.165, 1.54) is 18.2 Å². The molecule has 2 fully saturated rings. The van der Waals surface area contributed by atoms with Crippen molar-refractivity contribution in [1.82, 2.24) is 9.88 Å². The van der Waals surface area contributed by atoms with Crippen molar-refractivity contribution >= 4 is 34.7 Å². The first-order valence-corrected chi connectivity index (χ1v) is 11.4. The largest absolute Gasteiger partial charge is 0.497 e. The third-order valence-corrected chi connectivity index (χ3v) is 6.57. The second-order valence-corrected chi connectivity index (χ2v) is 8.73. The fraction of sp³-hybridized carbons (Fsp3) is 0.375. The van der Waals surface area contributed by atoms with Crippen LogP contribution in [0.25, 0.3) is 6.08 Å². The Labute approximate surface area is 187 Å². The Balaban J connectivity index is 1.72. The maximum atomic E-state index is 13.5. The fourth-order valence-corrected chi connectivity index (χ4v) is 5.03. The molecular weight excluding hydrogens is 410 g/mol. The Morgan fingerprint density at radius 3 is 2.65 bits per heavy atom. The lowest BCUT2D eigenvalue weighted by molar-refractivity contribution is -0.124. The Kier molecular flexibility index (Phi) is 6.61. The average molecular weight is 438 g/mol. The number of aliphatic imine (C=N–C) groups is 1. The van der Waals surface area contributed by atoms with Crippen LogP contribution in [0, 0.1) is 6.92 Å². The number of rotatable bonds is 5. The number of pyridine rings is 1. The van der Waals surface area contributed by atoms with Gasteiger partial charge < -0.3 is 9.47 Å². The second kappa shape index (κ2) is 9.56. The number of hydrogen-bond acceptors (Lipinski definition) is 6. The van der Waals surface area contributed by atoms with Gasteiger partial charge in [0.25, 0.3) is 5.91 Å².